The first-order valence-corrected chi connectivity index (χ1v) is 5.45. The zero-order valence-electron chi connectivity index (χ0n) is 11.2. The van der Waals surface area contributed by atoms with Gasteiger partial charge in [0.1, 0.15) is 18.3 Å². The van der Waals surface area contributed by atoms with Gasteiger partial charge >= 0.3 is 0 Å². The fourth-order valence-corrected chi connectivity index (χ4v) is 1.72. The van der Waals surface area contributed by atoms with Crippen LogP contribution in [0, 0.1) is 35.8 Å². The van der Waals surface area contributed by atoms with Crippen molar-refractivity contribution < 1.29 is 29.8 Å². The summed E-state index contributed by atoms with van der Waals surface area (Å²) in [6.07, 6.45) is -3.74. The first kappa shape index (κ1) is 17.6. The van der Waals surface area contributed by atoms with Gasteiger partial charge in [-0.1, -0.05) is 6.92 Å². The molecule has 0 amide bonds. The first-order chi connectivity index (χ1) is 9.01. The van der Waals surface area contributed by atoms with Gasteiger partial charge in [0, 0.05) is 5.41 Å². The standard InChI is InChI=1S/C8H15N3O9/c1-5(18-9(12)13)8(4,6(2)19-10(14)15)7(3)20-11(16)17/h5-7H,1-4H3. The second-order valence-electron chi connectivity index (χ2n) is 4.28. The molecular formula is C8H15N3O9. The Labute approximate surface area is 112 Å². The molecule has 3 unspecified atom stereocenters. The smallest absolute Gasteiger partial charge is 0.294 e. The van der Waals surface area contributed by atoms with E-state index in [1.165, 1.54) is 27.7 Å². The highest BCUT2D eigenvalue weighted by Crippen LogP contribution is 2.36. The van der Waals surface area contributed by atoms with E-state index in [9.17, 15) is 30.3 Å². The van der Waals surface area contributed by atoms with Crippen LogP contribution in [0.1, 0.15) is 27.7 Å². The molecule has 0 aromatic rings. The Morgan fingerprint density at radius 2 is 0.950 bits per heavy atom. The lowest BCUT2D eigenvalue weighted by atomic mass is 9.75. The Kier molecular flexibility index (Phi) is 5.87. The SMILES string of the molecule is CC(O[N+](=O)[O-])C(C)(C(C)O[N+](=O)[O-])C(C)O[N+](=O)[O-]. The second-order valence-corrected chi connectivity index (χ2v) is 4.28. The molecular weight excluding hydrogens is 282 g/mol. The van der Waals surface area contributed by atoms with Gasteiger partial charge in [-0.25, -0.2) is 0 Å². The van der Waals surface area contributed by atoms with Gasteiger partial charge in [0.25, 0.3) is 15.3 Å². The lowest BCUT2D eigenvalue weighted by Gasteiger charge is -2.41. The van der Waals surface area contributed by atoms with E-state index >= 15 is 0 Å². The zero-order chi connectivity index (χ0) is 16.1. The molecule has 3 atom stereocenters. The molecule has 0 saturated heterocycles. The van der Waals surface area contributed by atoms with Crippen molar-refractivity contribution in [2.24, 2.45) is 5.41 Å². The van der Waals surface area contributed by atoms with Crippen LogP contribution >= 0.6 is 0 Å². The first-order valence-electron chi connectivity index (χ1n) is 5.45. The molecule has 0 radical (unpaired) electrons. The number of rotatable bonds is 9. The van der Waals surface area contributed by atoms with Crippen LogP contribution < -0.4 is 0 Å². The maximum absolute atomic E-state index is 10.4. The highest BCUT2D eigenvalue weighted by Gasteiger charge is 2.47. The average molecular weight is 297 g/mol. The van der Waals surface area contributed by atoms with E-state index in [0.29, 0.717) is 0 Å². The predicted molar refractivity (Wildman–Crippen MR) is 60.7 cm³/mol. The van der Waals surface area contributed by atoms with Crippen LogP contribution in [-0.4, -0.2) is 33.6 Å². The van der Waals surface area contributed by atoms with E-state index in [0.717, 1.165) is 0 Å². The summed E-state index contributed by atoms with van der Waals surface area (Å²) in [7, 11) is 0. The molecule has 12 heteroatoms. The summed E-state index contributed by atoms with van der Waals surface area (Å²) in [6, 6.07) is 0. The van der Waals surface area contributed by atoms with E-state index in [1.807, 2.05) is 0 Å². The Morgan fingerprint density at radius 1 is 0.750 bits per heavy atom. The molecule has 20 heavy (non-hydrogen) atoms. The van der Waals surface area contributed by atoms with Gasteiger partial charge in [0.15, 0.2) is 0 Å². The largest absolute Gasteiger partial charge is 0.310 e. The third-order valence-corrected chi connectivity index (χ3v) is 3.36. The van der Waals surface area contributed by atoms with Gasteiger partial charge in [0.05, 0.1) is 0 Å². The van der Waals surface area contributed by atoms with Crippen LogP contribution in [0.2, 0.25) is 0 Å². The molecule has 0 aliphatic heterocycles. The Balaban J connectivity index is 5.34. The summed E-state index contributed by atoms with van der Waals surface area (Å²) in [4.78, 5) is 44.2. The molecule has 0 aliphatic carbocycles. The summed E-state index contributed by atoms with van der Waals surface area (Å²) in [5.41, 5.74) is -1.52. The maximum Gasteiger partial charge on any atom is 0.294 e. The molecule has 0 rings (SSSR count). The van der Waals surface area contributed by atoms with Crippen LogP contribution in [0.3, 0.4) is 0 Å². The second kappa shape index (κ2) is 6.68. The summed E-state index contributed by atoms with van der Waals surface area (Å²) in [5.74, 6) is 0. The van der Waals surface area contributed by atoms with Gasteiger partial charge in [-0.05, 0) is 20.8 Å². The summed E-state index contributed by atoms with van der Waals surface area (Å²) in [5, 5.41) is 27.9. The van der Waals surface area contributed by atoms with E-state index < -0.39 is 39.0 Å². The minimum atomic E-state index is -1.52. The molecule has 116 valence electrons. The van der Waals surface area contributed by atoms with E-state index in [1.54, 1.807) is 0 Å². The fourth-order valence-electron chi connectivity index (χ4n) is 1.72. The molecule has 0 aromatic carbocycles. The average Bonchev–Trinajstić information content (AvgIpc) is 2.24. The van der Waals surface area contributed by atoms with E-state index in [-0.39, 0.29) is 0 Å². The van der Waals surface area contributed by atoms with Crippen LogP contribution in [0.25, 0.3) is 0 Å². The summed E-state index contributed by atoms with van der Waals surface area (Å²) in [6.45, 7) is 5.01. The lowest BCUT2D eigenvalue weighted by Crippen LogP contribution is -2.52. The maximum atomic E-state index is 10.4. The number of nitrogens with zero attached hydrogens (tertiary/aromatic N) is 3. The minimum Gasteiger partial charge on any atom is -0.310 e. The molecule has 0 heterocycles. The molecule has 0 bridgehead atoms. The predicted octanol–water partition coefficient (Wildman–Crippen LogP) is 0.783. The van der Waals surface area contributed by atoms with Gasteiger partial charge < -0.3 is 14.5 Å². The molecule has 0 fully saturated rings. The van der Waals surface area contributed by atoms with Crippen molar-refractivity contribution in [2.75, 3.05) is 0 Å². The highest BCUT2D eigenvalue weighted by molar-refractivity contribution is 4.90. The van der Waals surface area contributed by atoms with Crippen molar-refractivity contribution in [1.29, 1.82) is 0 Å². The number of hydrogen-bond acceptors (Lipinski definition) is 9. The van der Waals surface area contributed by atoms with Crippen molar-refractivity contribution in [3.05, 3.63) is 30.3 Å². The molecule has 0 saturated carbocycles. The minimum absolute atomic E-state index is 1.10. The molecule has 0 N–H and O–H groups in total. The van der Waals surface area contributed by atoms with Gasteiger partial charge in [-0.15, -0.1) is 30.3 Å². The van der Waals surface area contributed by atoms with Gasteiger partial charge in [-0.3, -0.25) is 0 Å². The Morgan fingerprint density at radius 3 is 1.10 bits per heavy atom. The van der Waals surface area contributed by atoms with Crippen LogP contribution in [0.15, 0.2) is 0 Å². The summed E-state index contributed by atoms with van der Waals surface area (Å²) >= 11 is 0. The van der Waals surface area contributed by atoms with Crippen molar-refractivity contribution in [3.63, 3.8) is 0 Å². The van der Waals surface area contributed by atoms with Crippen LogP contribution in [0.5, 0.6) is 0 Å². The lowest BCUT2D eigenvalue weighted by molar-refractivity contribution is -0.798. The Bertz CT molecular complexity index is 332. The molecule has 0 spiro atoms. The van der Waals surface area contributed by atoms with Crippen molar-refractivity contribution in [2.45, 2.75) is 46.0 Å². The van der Waals surface area contributed by atoms with Crippen molar-refractivity contribution >= 4 is 0 Å². The number of hydrogen-bond donors (Lipinski definition) is 0. The molecule has 0 aromatic heterocycles. The van der Waals surface area contributed by atoms with Crippen molar-refractivity contribution in [3.8, 4) is 0 Å². The van der Waals surface area contributed by atoms with Gasteiger partial charge in [0.2, 0.25) is 0 Å². The highest BCUT2D eigenvalue weighted by atomic mass is 17.0. The third kappa shape index (κ3) is 4.37. The van der Waals surface area contributed by atoms with Gasteiger partial charge in [-0.2, -0.15) is 0 Å². The van der Waals surface area contributed by atoms with E-state index in [4.69, 9.17) is 0 Å². The Hall–Kier alpha value is -2.40. The van der Waals surface area contributed by atoms with Crippen LogP contribution in [0.4, 0.5) is 0 Å². The molecule has 12 nitrogen and oxygen atoms in total. The topological polar surface area (TPSA) is 157 Å². The van der Waals surface area contributed by atoms with E-state index in [2.05, 4.69) is 14.5 Å². The molecule has 0 aliphatic rings. The zero-order valence-corrected chi connectivity index (χ0v) is 11.2. The monoisotopic (exact) mass is 297 g/mol. The van der Waals surface area contributed by atoms with Crippen molar-refractivity contribution in [1.82, 2.24) is 0 Å². The quantitative estimate of drug-likeness (QED) is 0.442. The summed E-state index contributed by atoms with van der Waals surface area (Å²) < 4.78 is 0. The van der Waals surface area contributed by atoms with Crippen LogP contribution in [-0.2, 0) is 14.5 Å². The normalized spacial score (nSPS) is 18.0. The fraction of sp³-hybridized carbons (Fsp3) is 1.00. The third-order valence-electron chi connectivity index (χ3n) is 3.36.